The molecule has 2 aliphatic heterocycles. The van der Waals surface area contributed by atoms with Crippen LogP contribution in [0.4, 0.5) is 4.79 Å². The molecule has 0 unspecified atom stereocenters. The molecule has 0 aromatic carbocycles. The molecule has 2 atom stereocenters. The highest BCUT2D eigenvalue weighted by Gasteiger charge is 2.47. The van der Waals surface area contributed by atoms with Gasteiger partial charge in [0, 0.05) is 18.7 Å². The number of rotatable bonds is 5. The average Bonchev–Trinajstić information content (AvgIpc) is 3.16. The topological polar surface area (TPSA) is 118 Å². The summed E-state index contributed by atoms with van der Waals surface area (Å²) in [7, 11) is -4.71. The third kappa shape index (κ3) is 3.55. The van der Waals surface area contributed by atoms with E-state index in [9.17, 15) is 13.2 Å². The van der Waals surface area contributed by atoms with Crippen LogP contribution in [0.2, 0.25) is 0 Å². The normalized spacial score (nSPS) is 27.3. The lowest BCUT2D eigenvalue weighted by atomic mass is 9.87. The monoisotopic (exact) mass is 385 g/mol. The van der Waals surface area contributed by atoms with E-state index in [-0.39, 0.29) is 12.1 Å². The molecule has 4 rings (SSSR count). The number of piperidine rings is 1. The van der Waals surface area contributed by atoms with Gasteiger partial charge in [0.1, 0.15) is 0 Å². The molecule has 144 valence electrons. The molecule has 1 saturated carbocycles. The van der Waals surface area contributed by atoms with E-state index in [2.05, 4.69) is 14.6 Å². The molecular formula is C15H23N5O5S. The molecule has 1 aromatic rings. The Morgan fingerprint density at radius 3 is 2.69 bits per heavy atom. The van der Waals surface area contributed by atoms with Crippen LogP contribution in [-0.2, 0) is 21.2 Å². The zero-order valence-corrected chi connectivity index (χ0v) is 15.2. The molecule has 0 radical (unpaired) electrons. The first-order valence-corrected chi connectivity index (χ1v) is 10.4. The van der Waals surface area contributed by atoms with Crippen molar-refractivity contribution in [2.75, 3.05) is 6.54 Å². The van der Waals surface area contributed by atoms with Gasteiger partial charge in [-0.05, 0) is 25.7 Å². The van der Waals surface area contributed by atoms with E-state index in [1.165, 1.54) is 19.3 Å². The fourth-order valence-electron chi connectivity index (χ4n) is 4.30. The molecule has 26 heavy (non-hydrogen) atoms. The van der Waals surface area contributed by atoms with Crippen molar-refractivity contribution in [3.63, 3.8) is 0 Å². The van der Waals surface area contributed by atoms with Gasteiger partial charge in [-0.2, -0.15) is 13.5 Å². The lowest BCUT2D eigenvalue weighted by Gasteiger charge is -2.30. The summed E-state index contributed by atoms with van der Waals surface area (Å²) >= 11 is 0. The zero-order valence-electron chi connectivity index (χ0n) is 14.4. The van der Waals surface area contributed by atoms with Gasteiger partial charge in [0.05, 0.1) is 24.3 Å². The van der Waals surface area contributed by atoms with Crippen molar-refractivity contribution in [1.29, 1.82) is 0 Å². The lowest BCUT2D eigenvalue weighted by Crippen LogP contribution is -2.42. The Balaban J connectivity index is 1.42. The lowest BCUT2D eigenvalue weighted by molar-refractivity contribution is -0.0317. The van der Waals surface area contributed by atoms with E-state index in [0.717, 1.165) is 23.6 Å². The fraction of sp³-hybridized carbons (Fsp3) is 0.800. The van der Waals surface area contributed by atoms with E-state index >= 15 is 0 Å². The summed E-state index contributed by atoms with van der Waals surface area (Å²) in [5.74, 6) is 0.473. The summed E-state index contributed by atoms with van der Waals surface area (Å²) in [5, 5.41) is 9.30. The standard InChI is InChI=1S/C15H23N5O5S/c21-15-19-9-13(20(15)25-26(22,23)24)7-6-12(19)8-18-10-14(16-17-18)11-4-2-1-3-5-11/h10-13H,1-9H2,(H,22,23,24)/t12-,13+/m0/s1. The summed E-state index contributed by atoms with van der Waals surface area (Å²) in [4.78, 5) is 14.0. The smallest absolute Gasteiger partial charge is 0.316 e. The molecule has 10 nitrogen and oxygen atoms in total. The Bertz CT molecular complexity index is 775. The van der Waals surface area contributed by atoms with Crippen LogP contribution in [-0.4, -0.2) is 62.6 Å². The van der Waals surface area contributed by atoms with Gasteiger partial charge in [-0.1, -0.05) is 24.5 Å². The fourth-order valence-corrected chi connectivity index (χ4v) is 4.69. The molecule has 3 aliphatic rings. The number of urea groups is 1. The van der Waals surface area contributed by atoms with Gasteiger partial charge in [-0.3, -0.25) is 9.23 Å². The maximum absolute atomic E-state index is 12.4. The molecule has 11 heteroatoms. The molecule has 1 N–H and O–H groups in total. The van der Waals surface area contributed by atoms with Crippen LogP contribution in [0.5, 0.6) is 0 Å². The van der Waals surface area contributed by atoms with Crippen LogP contribution in [0, 0.1) is 0 Å². The van der Waals surface area contributed by atoms with Crippen LogP contribution < -0.4 is 0 Å². The number of fused-ring (bicyclic) bond motifs is 2. The zero-order chi connectivity index (χ0) is 18.3. The van der Waals surface area contributed by atoms with Gasteiger partial charge in [-0.25, -0.2) is 4.79 Å². The minimum absolute atomic E-state index is 0.102. The Kier molecular flexibility index (Phi) is 4.61. The van der Waals surface area contributed by atoms with Gasteiger partial charge in [0.25, 0.3) is 0 Å². The molecule has 1 aromatic heterocycles. The number of carbonyl (C=O) groups is 1. The highest BCUT2D eigenvalue weighted by atomic mass is 32.3. The van der Waals surface area contributed by atoms with Crippen LogP contribution in [0.3, 0.4) is 0 Å². The average molecular weight is 385 g/mol. The number of amides is 2. The molecule has 1 aliphatic carbocycles. The van der Waals surface area contributed by atoms with Crippen LogP contribution >= 0.6 is 0 Å². The number of hydrogen-bond acceptors (Lipinski definition) is 6. The van der Waals surface area contributed by atoms with Crippen LogP contribution in [0.15, 0.2) is 6.20 Å². The van der Waals surface area contributed by atoms with Crippen molar-refractivity contribution in [3.05, 3.63) is 11.9 Å². The van der Waals surface area contributed by atoms with E-state index in [0.29, 0.717) is 31.8 Å². The van der Waals surface area contributed by atoms with Gasteiger partial charge in [-0.15, -0.1) is 9.38 Å². The second-order valence-corrected chi connectivity index (χ2v) is 8.35. The molecule has 2 bridgehead atoms. The number of aromatic nitrogens is 3. The SMILES string of the molecule is O=C1N2C[C@@H](CC[C@H]2Cn2cc(C3CCCCC3)nn2)N1OS(=O)(=O)O. The Morgan fingerprint density at radius 2 is 1.96 bits per heavy atom. The molecule has 3 fully saturated rings. The molecule has 3 heterocycles. The maximum Gasteiger partial charge on any atom is 0.418 e. The quantitative estimate of drug-likeness (QED) is 0.760. The maximum atomic E-state index is 12.4. The van der Waals surface area contributed by atoms with Gasteiger partial charge < -0.3 is 4.90 Å². The number of nitrogens with zero attached hydrogens (tertiary/aromatic N) is 5. The third-order valence-corrected chi connectivity index (χ3v) is 5.95. The Labute approximate surface area is 152 Å². The van der Waals surface area contributed by atoms with Crippen molar-refractivity contribution >= 4 is 16.4 Å². The van der Waals surface area contributed by atoms with E-state index < -0.39 is 16.4 Å². The molecule has 2 amide bonds. The largest absolute Gasteiger partial charge is 0.418 e. The minimum Gasteiger partial charge on any atom is -0.316 e. The van der Waals surface area contributed by atoms with Crippen LogP contribution in [0.1, 0.15) is 56.6 Å². The van der Waals surface area contributed by atoms with Gasteiger partial charge >= 0.3 is 16.4 Å². The highest BCUT2D eigenvalue weighted by molar-refractivity contribution is 7.80. The summed E-state index contributed by atoms with van der Waals surface area (Å²) < 4.78 is 37.0. The Hall–Kier alpha value is -1.72. The minimum atomic E-state index is -4.71. The predicted molar refractivity (Wildman–Crippen MR) is 89.2 cm³/mol. The Morgan fingerprint density at radius 1 is 1.19 bits per heavy atom. The summed E-state index contributed by atoms with van der Waals surface area (Å²) in [5.41, 5.74) is 1.02. The van der Waals surface area contributed by atoms with Crippen molar-refractivity contribution < 1.29 is 22.0 Å². The van der Waals surface area contributed by atoms with Crippen molar-refractivity contribution in [2.45, 2.75) is 69.5 Å². The third-order valence-electron chi connectivity index (χ3n) is 5.60. The second kappa shape index (κ2) is 6.78. The van der Waals surface area contributed by atoms with E-state index in [4.69, 9.17) is 4.55 Å². The number of hydroxylamine groups is 2. The number of hydrogen-bond donors (Lipinski definition) is 1. The van der Waals surface area contributed by atoms with Gasteiger partial charge in [0.2, 0.25) is 0 Å². The highest BCUT2D eigenvalue weighted by Crippen LogP contribution is 2.33. The first-order chi connectivity index (χ1) is 12.4. The summed E-state index contributed by atoms with van der Waals surface area (Å²) in [6.45, 7) is 0.890. The van der Waals surface area contributed by atoms with E-state index in [1.54, 1.807) is 9.58 Å². The molecule has 0 spiro atoms. The first-order valence-electron chi connectivity index (χ1n) is 9.07. The van der Waals surface area contributed by atoms with Crippen molar-refractivity contribution in [1.82, 2.24) is 25.0 Å². The van der Waals surface area contributed by atoms with Crippen molar-refractivity contribution in [2.24, 2.45) is 0 Å². The predicted octanol–water partition coefficient (Wildman–Crippen LogP) is 1.33. The van der Waals surface area contributed by atoms with Gasteiger partial charge in [0.15, 0.2) is 0 Å². The van der Waals surface area contributed by atoms with Crippen molar-refractivity contribution in [3.8, 4) is 0 Å². The number of carbonyl (C=O) groups excluding carboxylic acids is 1. The summed E-state index contributed by atoms with van der Waals surface area (Å²) in [6.07, 6.45) is 9.32. The molecular weight excluding hydrogens is 362 g/mol. The second-order valence-electron chi connectivity index (χ2n) is 7.35. The van der Waals surface area contributed by atoms with Crippen LogP contribution in [0.25, 0.3) is 0 Å². The van der Waals surface area contributed by atoms with E-state index in [1.807, 2.05) is 6.20 Å². The summed E-state index contributed by atoms with van der Waals surface area (Å²) in [6, 6.07) is -1.01. The molecule has 2 saturated heterocycles. The first kappa shape index (κ1) is 17.7.